The summed E-state index contributed by atoms with van der Waals surface area (Å²) in [6, 6.07) is 6.46. The number of aryl methyl sites for hydroxylation is 1. The normalized spacial score (nSPS) is 12.7. The smallest absolute Gasteiger partial charge is 0.112 e. The average molecular weight is 308 g/mol. The van der Waals surface area contributed by atoms with Gasteiger partial charge in [0, 0.05) is 29.3 Å². The van der Waals surface area contributed by atoms with Crippen LogP contribution < -0.4 is 5.73 Å². The van der Waals surface area contributed by atoms with Crippen molar-refractivity contribution in [2.24, 2.45) is 5.73 Å². The SMILES string of the molecule is CCc1nccn1-c1cc(Br)ccc1CC(C)N. The van der Waals surface area contributed by atoms with Crippen molar-refractivity contribution in [3.63, 3.8) is 0 Å². The van der Waals surface area contributed by atoms with Crippen molar-refractivity contribution in [3.05, 3.63) is 46.5 Å². The third-order valence-electron chi connectivity index (χ3n) is 2.88. The molecule has 0 fully saturated rings. The molecule has 18 heavy (non-hydrogen) atoms. The second-order valence-corrected chi connectivity index (χ2v) is 5.44. The van der Waals surface area contributed by atoms with Crippen molar-refractivity contribution in [3.8, 4) is 5.69 Å². The molecule has 0 saturated heterocycles. The number of halogens is 1. The summed E-state index contributed by atoms with van der Waals surface area (Å²) in [5.74, 6) is 1.07. The first kappa shape index (κ1) is 13.3. The van der Waals surface area contributed by atoms with Gasteiger partial charge in [-0.05, 0) is 31.0 Å². The number of nitrogens with two attached hydrogens (primary N) is 1. The van der Waals surface area contributed by atoms with Gasteiger partial charge in [-0.15, -0.1) is 0 Å². The van der Waals surface area contributed by atoms with Crippen LogP contribution in [0.1, 0.15) is 25.2 Å². The topological polar surface area (TPSA) is 43.8 Å². The Bertz CT molecular complexity index is 532. The molecule has 1 aromatic carbocycles. The molecule has 1 atom stereocenters. The third kappa shape index (κ3) is 2.82. The Morgan fingerprint density at radius 1 is 1.44 bits per heavy atom. The molecule has 96 valence electrons. The van der Waals surface area contributed by atoms with E-state index >= 15 is 0 Å². The van der Waals surface area contributed by atoms with Crippen molar-refractivity contribution in [1.29, 1.82) is 0 Å². The minimum Gasteiger partial charge on any atom is -0.328 e. The van der Waals surface area contributed by atoms with Crippen molar-refractivity contribution >= 4 is 15.9 Å². The molecule has 0 aliphatic rings. The van der Waals surface area contributed by atoms with Crippen LogP contribution >= 0.6 is 15.9 Å². The molecule has 2 N–H and O–H groups in total. The molecular formula is C14H18BrN3. The zero-order chi connectivity index (χ0) is 13.1. The summed E-state index contributed by atoms with van der Waals surface area (Å²) in [4.78, 5) is 4.38. The van der Waals surface area contributed by atoms with Gasteiger partial charge in [-0.2, -0.15) is 0 Å². The molecule has 0 saturated carbocycles. The maximum Gasteiger partial charge on any atom is 0.112 e. The number of hydrogen-bond donors (Lipinski definition) is 1. The van der Waals surface area contributed by atoms with Crippen molar-refractivity contribution in [2.45, 2.75) is 32.7 Å². The summed E-state index contributed by atoms with van der Waals surface area (Å²) >= 11 is 3.53. The molecule has 4 heteroatoms. The Balaban J connectivity index is 2.51. The van der Waals surface area contributed by atoms with E-state index in [1.807, 2.05) is 19.3 Å². The molecular weight excluding hydrogens is 290 g/mol. The Kier molecular flexibility index (Phi) is 4.19. The monoisotopic (exact) mass is 307 g/mol. The molecule has 1 unspecified atom stereocenters. The second kappa shape index (κ2) is 5.67. The molecule has 2 aromatic rings. The van der Waals surface area contributed by atoms with Crippen LogP contribution in [-0.2, 0) is 12.8 Å². The van der Waals surface area contributed by atoms with Gasteiger partial charge in [-0.25, -0.2) is 4.98 Å². The molecule has 3 nitrogen and oxygen atoms in total. The van der Waals surface area contributed by atoms with Crippen LogP contribution in [0, 0.1) is 0 Å². The lowest BCUT2D eigenvalue weighted by atomic mass is 10.1. The summed E-state index contributed by atoms with van der Waals surface area (Å²) in [6.07, 6.45) is 5.63. The van der Waals surface area contributed by atoms with Crippen LogP contribution in [0.25, 0.3) is 5.69 Å². The number of hydrogen-bond acceptors (Lipinski definition) is 2. The van der Waals surface area contributed by atoms with Gasteiger partial charge >= 0.3 is 0 Å². The van der Waals surface area contributed by atoms with E-state index < -0.39 is 0 Å². The van der Waals surface area contributed by atoms with E-state index in [1.54, 1.807) is 0 Å². The van der Waals surface area contributed by atoms with Gasteiger partial charge in [0.25, 0.3) is 0 Å². The van der Waals surface area contributed by atoms with Crippen LogP contribution in [0.4, 0.5) is 0 Å². The van der Waals surface area contributed by atoms with Crippen LogP contribution in [0.2, 0.25) is 0 Å². The van der Waals surface area contributed by atoms with Crippen molar-refractivity contribution < 1.29 is 0 Å². The van der Waals surface area contributed by atoms with E-state index in [9.17, 15) is 0 Å². The molecule has 2 rings (SSSR count). The van der Waals surface area contributed by atoms with Crippen molar-refractivity contribution in [1.82, 2.24) is 9.55 Å². The van der Waals surface area contributed by atoms with Gasteiger partial charge in [0.15, 0.2) is 0 Å². The Labute approximate surface area is 116 Å². The summed E-state index contributed by atoms with van der Waals surface area (Å²) in [6.45, 7) is 4.14. The number of aromatic nitrogens is 2. The zero-order valence-electron chi connectivity index (χ0n) is 10.7. The number of rotatable bonds is 4. The lowest BCUT2D eigenvalue weighted by Crippen LogP contribution is -2.19. The Morgan fingerprint density at radius 2 is 2.22 bits per heavy atom. The lowest BCUT2D eigenvalue weighted by molar-refractivity contribution is 0.730. The quantitative estimate of drug-likeness (QED) is 0.943. The van der Waals surface area contributed by atoms with Crippen LogP contribution in [0.15, 0.2) is 35.1 Å². The fourth-order valence-electron chi connectivity index (χ4n) is 2.10. The Morgan fingerprint density at radius 3 is 2.89 bits per heavy atom. The van der Waals surface area contributed by atoms with Gasteiger partial charge in [0.2, 0.25) is 0 Å². The molecule has 0 aliphatic heterocycles. The van der Waals surface area contributed by atoms with E-state index in [0.717, 1.165) is 28.8 Å². The van der Waals surface area contributed by atoms with E-state index in [-0.39, 0.29) is 6.04 Å². The standard InChI is InChI=1S/C14H18BrN3/c1-3-14-17-6-7-18(14)13-9-12(15)5-4-11(13)8-10(2)16/h4-7,9-10H,3,8,16H2,1-2H3. The largest absolute Gasteiger partial charge is 0.328 e. The van der Waals surface area contributed by atoms with E-state index in [1.165, 1.54) is 5.56 Å². The minimum atomic E-state index is 0.151. The van der Waals surface area contributed by atoms with Gasteiger partial charge in [0.1, 0.15) is 5.82 Å². The van der Waals surface area contributed by atoms with Gasteiger partial charge in [0.05, 0.1) is 5.69 Å². The van der Waals surface area contributed by atoms with Gasteiger partial charge in [-0.1, -0.05) is 28.9 Å². The van der Waals surface area contributed by atoms with Gasteiger partial charge in [-0.3, -0.25) is 0 Å². The minimum absolute atomic E-state index is 0.151. The third-order valence-corrected chi connectivity index (χ3v) is 3.38. The Hall–Kier alpha value is -1.13. The lowest BCUT2D eigenvalue weighted by Gasteiger charge is -2.14. The molecule has 1 heterocycles. The molecule has 0 aliphatic carbocycles. The van der Waals surface area contributed by atoms with E-state index in [2.05, 4.69) is 50.6 Å². The highest BCUT2D eigenvalue weighted by Gasteiger charge is 2.10. The number of imidazole rings is 1. The zero-order valence-corrected chi connectivity index (χ0v) is 12.3. The van der Waals surface area contributed by atoms with Gasteiger partial charge < -0.3 is 10.3 Å². The average Bonchev–Trinajstić information content (AvgIpc) is 2.79. The summed E-state index contributed by atoms with van der Waals surface area (Å²) in [7, 11) is 0. The predicted molar refractivity (Wildman–Crippen MR) is 78.0 cm³/mol. The van der Waals surface area contributed by atoms with Crippen LogP contribution in [0.5, 0.6) is 0 Å². The van der Waals surface area contributed by atoms with Crippen LogP contribution in [-0.4, -0.2) is 15.6 Å². The predicted octanol–water partition coefficient (Wildman–Crippen LogP) is 3.09. The first-order chi connectivity index (χ1) is 8.61. The number of nitrogens with zero attached hydrogens (tertiary/aromatic N) is 2. The maximum absolute atomic E-state index is 5.92. The highest BCUT2D eigenvalue weighted by molar-refractivity contribution is 9.10. The van der Waals surface area contributed by atoms with E-state index in [4.69, 9.17) is 5.73 Å². The summed E-state index contributed by atoms with van der Waals surface area (Å²) < 4.78 is 3.21. The summed E-state index contributed by atoms with van der Waals surface area (Å²) in [5, 5.41) is 0. The molecule has 0 spiro atoms. The highest BCUT2D eigenvalue weighted by Crippen LogP contribution is 2.23. The molecule has 0 amide bonds. The molecule has 0 bridgehead atoms. The van der Waals surface area contributed by atoms with Crippen molar-refractivity contribution in [2.75, 3.05) is 0 Å². The highest BCUT2D eigenvalue weighted by atomic mass is 79.9. The first-order valence-electron chi connectivity index (χ1n) is 6.18. The molecule has 1 aromatic heterocycles. The molecule has 0 radical (unpaired) electrons. The summed E-state index contributed by atoms with van der Waals surface area (Å²) in [5.41, 5.74) is 8.33. The van der Waals surface area contributed by atoms with E-state index in [0.29, 0.717) is 0 Å². The number of benzene rings is 1. The second-order valence-electron chi connectivity index (χ2n) is 4.52. The maximum atomic E-state index is 5.92. The fraction of sp³-hybridized carbons (Fsp3) is 0.357. The first-order valence-corrected chi connectivity index (χ1v) is 6.97. The fourth-order valence-corrected chi connectivity index (χ4v) is 2.44. The van der Waals surface area contributed by atoms with Crippen LogP contribution in [0.3, 0.4) is 0 Å².